The number of aromatic amines is 1. The van der Waals surface area contributed by atoms with Crippen LogP contribution in [0.15, 0.2) is 71.6 Å². The number of allylic oxidation sites excluding steroid dienone is 4. The van der Waals surface area contributed by atoms with E-state index in [1.54, 1.807) is 21.0 Å². The second kappa shape index (κ2) is 10.7. The van der Waals surface area contributed by atoms with E-state index in [0.717, 1.165) is 33.5 Å². The summed E-state index contributed by atoms with van der Waals surface area (Å²) in [5, 5.41) is 26.2. The molecule has 6 rings (SSSR count). The Morgan fingerprint density at radius 3 is 2.40 bits per heavy atom. The van der Waals surface area contributed by atoms with Gasteiger partial charge in [-0.3, -0.25) is 14.4 Å². The van der Waals surface area contributed by atoms with Crippen molar-refractivity contribution >= 4 is 28.3 Å². The first-order valence-corrected chi connectivity index (χ1v) is 14.6. The molecule has 2 aliphatic rings. The number of nitrogens with one attached hydrogen (secondary N) is 2. The van der Waals surface area contributed by atoms with E-state index in [9.17, 15) is 24.6 Å². The van der Waals surface area contributed by atoms with Gasteiger partial charge < -0.3 is 30.0 Å². The van der Waals surface area contributed by atoms with Crippen molar-refractivity contribution in [2.45, 2.75) is 46.0 Å². The van der Waals surface area contributed by atoms with E-state index in [0.29, 0.717) is 12.2 Å². The topological polar surface area (TPSA) is 138 Å². The van der Waals surface area contributed by atoms with Crippen molar-refractivity contribution in [3.63, 3.8) is 0 Å². The van der Waals surface area contributed by atoms with Crippen molar-refractivity contribution in [2.24, 2.45) is 0 Å². The number of para-hydroxylation sites is 1. The average Bonchev–Trinajstić information content (AvgIpc) is 3.50. The summed E-state index contributed by atoms with van der Waals surface area (Å²) >= 11 is 0. The molecule has 230 valence electrons. The van der Waals surface area contributed by atoms with Crippen LogP contribution in [0.5, 0.6) is 23.0 Å². The van der Waals surface area contributed by atoms with Crippen LogP contribution in [0.3, 0.4) is 0 Å². The van der Waals surface area contributed by atoms with Gasteiger partial charge in [-0.15, -0.1) is 0 Å². The van der Waals surface area contributed by atoms with Crippen LogP contribution in [-0.4, -0.2) is 46.2 Å². The smallest absolute Gasteiger partial charge is 0.194 e. The van der Waals surface area contributed by atoms with Crippen LogP contribution in [0, 0.1) is 13.8 Å². The van der Waals surface area contributed by atoms with Gasteiger partial charge in [0.2, 0.25) is 0 Å². The maximum atomic E-state index is 14.3. The van der Waals surface area contributed by atoms with Crippen LogP contribution in [0.25, 0.3) is 10.9 Å². The summed E-state index contributed by atoms with van der Waals surface area (Å²) < 4.78 is 11.3. The zero-order valence-corrected chi connectivity index (χ0v) is 25.9. The Hall–Kier alpha value is -5.31. The van der Waals surface area contributed by atoms with Crippen molar-refractivity contribution in [3.05, 3.63) is 105 Å². The molecule has 0 spiro atoms. The Morgan fingerprint density at radius 1 is 1.04 bits per heavy atom. The number of aromatic nitrogens is 1. The van der Waals surface area contributed by atoms with E-state index in [1.807, 2.05) is 49.4 Å². The molecule has 2 heterocycles. The molecule has 0 bridgehead atoms. The third kappa shape index (κ3) is 4.41. The molecule has 45 heavy (non-hydrogen) atoms. The number of phenolic OH excluding ortho intramolecular Hbond substituents is 2. The normalized spacial score (nSPS) is 19.0. The lowest BCUT2D eigenvalue weighted by atomic mass is 9.70. The fraction of sp³-hybridized carbons (Fsp3) is 0.250. The Kier molecular flexibility index (Phi) is 7.07. The lowest BCUT2D eigenvalue weighted by Gasteiger charge is -2.29. The second-order valence-corrected chi connectivity index (χ2v) is 11.8. The first-order chi connectivity index (χ1) is 21.4. The summed E-state index contributed by atoms with van der Waals surface area (Å²) in [6.45, 7) is 8.34. The molecule has 0 fully saturated rings. The van der Waals surface area contributed by atoms with Gasteiger partial charge in [-0.2, -0.15) is 0 Å². The highest BCUT2D eigenvalue weighted by molar-refractivity contribution is 6.31. The summed E-state index contributed by atoms with van der Waals surface area (Å²) in [4.78, 5) is 43.8. The van der Waals surface area contributed by atoms with Gasteiger partial charge >= 0.3 is 0 Å². The number of rotatable bonds is 7. The van der Waals surface area contributed by atoms with Gasteiger partial charge in [-0.1, -0.05) is 30.3 Å². The monoisotopic (exact) mass is 606 g/mol. The number of Topliss-reactive ketones (excluding diaryl/α,β-unsaturated/α-hetero) is 2. The number of benzene rings is 3. The van der Waals surface area contributed by atoms with Crippen LogP contribution >= 0.6 is 0 Å². The van der Waals surface area contributed by atoms with Crippen molar-refractivity contribution in [2.75, 3.05) is 13.7 Å². The molecule has 1 aromatic heterocycles. The zero-order chi connectivity index (χ0) is 32.4. The minimum Gasteiger partial charge on any atom is -0.507 e. The van der Waals surface area contributed by atoms with Crippen molar-refractivity contribution in [1.29, 1.82) is 0 Å². The molecule has 0 saturated carbocycles. The molecule has 9 heteroatoms. The fourth-order valence-electron chi connectivity index (χ4n) is 6.68. The standard InChI is InChI=1S/C36H34N2O7/c1-17-32(41)30(20(4)39)34-31(33(17)42)36(5)27(45-34)15-26(40)29(35(36)43)18(2)37-16-24(21-11-13-22(44-6)14-12-21)28-19(3)38-25-10-8-7-9-23(25)28/h7-15,24,37-38,41-42H,16H2,1-6H3. The number of fused-ring (bicyclic) bond motifs is 4. The number of ketones is 3. The number of aryl methyl sites for hydroxylation is 1. The minimum absolute atomic E-state index is 0.00243. The van der Waals surface area contributed by atoms with E-state index in [4.69, 9.17) is 9.47 Å². The molecule has 0 amide bonds. The van der Waals surface area contributed by atoms with Gasteiger partial charge in [0.25, 0.3) is 0 Å². The predicted octanol–water partition coefficient (Wildman–Crippen LogP) is 5.79. The Balaban J connectivity index is 1.42. The first kappa shape index (κ1) is 29.7. The molecule has 1 aliphatic carbocycles. The van der Waals surface area contributed by atoms with Crippen LogP contribution in [-0.2, 0) is 15.0 Å². The summed E-state index contributed by atoms with van der Waals surface area (Å²) in [7, 11) is 1.62. The van der Waals surface area contributed by atoms with Crippen LogP contribution < -0.4 is 14.8 Å². The molecule has 1 aliphatic heterocycles. The Morgan fingerprint density at radius 2 is 1.73 bits per heavy atom. The SMILES string of the molecule is COc1ccc(C(CNC(C)=C2C(=O)C=C3Oc4c(C(C)=O)c(O)c(C)c(O)c4C3(C)C2=O)c2c(C)[nH]c3ccccc23)cc1. The van der Waals surface area contributed by atoms with E-state index in [2.05, 4.69) is 16.4 Å². The molecule has 9 nitrogen and oxygen atoms in total. The average molecular weight is 607 g/mol. The van der Waals surface area contributed by atoms with E-state index >= 15 is 0 Å². The third-order valence-corrected chi connectivity index (χ3v) is 9.14. The largest absolute Gasteiger partial charge is 0.507 e. The highest BCUT2D eigenvalue weighted by Gasteiger charge is 2.56. The molecular formula is C36H34N2O7. The summed E-state index contributed by atoms with van der Waals surface area (Å²) in [5.41, 5.74) is 2.78. The van der Waals surface area contributed by atoms with Gasteiger partial charge in [-0.25, -0.2) is 0 Å². The molecule has 0 radical (unpaired) electrons. The lowest BCUT2D eigenvalue weighted by molar-refractivity contribution is -0.123. The predicted molar refractivity (Wildman–Crippen MR) is 169 cm³/mol. The highest BCUT2D eigenvalue weighted by Crippen LogP contribution is 2.57. The van der Waals surface area contributed by atoms with E-state index in [-0.39, 0.29) is 45.4 Å². The lowest BCUT2D eigenvalue weighted by Crippen LogP contribution is -2.41. The maximum absolute atomic E-state index is 14.3. The van der Waals surface area contributed by atoms with Crippen molar-refractivity contribution in [1.82, 2.24) is 10.3 Å². The minimum atomic E-state index is -1.59. The molecule has 4 N–H and O–H groups in total. The Labute approximate surface area is 260 Å². The number of carbonyl (C=O) groups excluding carboxylic acids is 3. The molecule has 3 aromatic carbocycles. The van der Waals surface area contributed by atoms with Gasteiger partial charge in [0.05, 0.1) is 18.2 Å². The number of methoxy groups -OCH3 is 1. The number of aromatic hydroxyl groups is 2. The van der Waals surface area contributed by atoms with E-state index in [1.165, 1.54) is 19.9 Å². The van der Waals surface area contributed by atoms with Gasteiger partial charge in [0.15, 0.2) is 17.3 Å². The van der Waals surface area contributed by atoms with Crippen molar-refractivity contribution in [3.8, 4) is 23.0 Å². The van der Waals surface area contributed by atoms with Crippen LogP contribution in [0.4, 0.5) is 0 Å². The number of hydrogen-bond acceptors (Lipinski definition) is 8. The molecule has 4 aromatic rings. The summed E-state index contributed by atoms with van der Waals surface area (Å²) in [5.74, 6) is -1.97. The quantitative estimate of drug-likeness (QED) is 0.118. The number of carbonyl (C=O) groups is 3. The number of H-pyrrole nitrogens is 1. The summed E-state index contributed by atoms with van der Waals surface area (Å²) in [6.07, 6.45) is 1.22. The van der Waals surface area contributed by atoms with Gasteiger partial charge in [-0.05, 0) is 63.9 Å². The maximum Gasteiger partial charge on any atom is 0.194 e. The molecule has 0 saturated heterocycles. The van der Waals surface area contributed by atoms with Crippen molar-refractivity contribution < 1.29 is 34.1 Å². The number of ether oxygens (including phenoxy) is 2. The number of hydrogen-bond donors (Lipinski definition) is 4. The fourth-order valence-corrected chi connectivity index (χ4v) is 6.68. The third-order valence-electron chi connectivity index (χ3n) is 9.14. The van der Waals surface area contributed by atoms with Gasteiger partial charge in [0.1, 0.15) is 39.7 Å². The van der Waals surface area contributed by atoms with Crippen LogP contribution in [0.2, 0.25) is 0 Å². The molecular weight excluding hydrogens is 572 g/mol. The molecule has 2 unspecified atom stereocenters. The first-order valence-electron chi connectivity index (χ1n) is 14.6. The Bertz CT molecular complexity index is 2000. The highest BCUT2D eigenvalue weighted by atomic mass is 16.5. The van der Waals surface area contributed by atoms with Crippen LogP contribution in [0.1, 0.15) is 65.0 Å². The second-order valence-electron chi connectivity index (χ2n) is 11.8. The number of phenols is 2. The zero-order valence-electron chi connectivity index (χ0n) is 25.9. The van der Waals surface area contributed by atoms with Gasteiger partial charge in [0, 0.05) is 46.4 Å². The van der Waals surface area contributed by atoms with E-state index < -0.39 is 28.5 Å². The molecule has 2 atom stereocenters. The summed E-state index contributed by atoms with van der Waals surface area (Å²) in [6, 6.07) is 15.9.